The van der Waals surface area contributed by atoms with Crippen molar-refractivity contribution in [2.24, 2.45) is 11.8 Å². The summed E-state index contributed by atoms with van der Waals surface area (Å²) in [5.74, 6) is 1.06. The Morgan fingerprint density at radius 2 is 1.75 bits per heavy atom. The number of rotatable bonds is 6. The highest BCUT2D eigenvalue weighted by Gasteiger charge is 2.14. The molecule has 0 fully saturated rings. The first-order valence-electron chi connectivity index (χ1n) is 4.60. The highest BCUT2D eigenvalue weighted by atomic mass is 16.5. The fraction of sp³-hybridized carbons (Fsp3) is 0.900. The lowest BCUT2D eigenvalue weighted by atomic mass is 9.98. The quantitative estimate of drug-likeness (QED) is 0.614. The Morgan fingerprint density at radius 1 is 1.17 bits per heavy atom. The van der Waals surface area contributed by atoms with E-state index < -0.39 is 0 Å². The second kappa shape index (κ2) is 6.04. The maximum atomic E-state index is 10.0. The van der Waals surface area contributed by atoms with Gasteiger partial charge >= 0.3 is 6.47 Å². The molecule has 0 bridgehead atoms. The highest BCUT2D eigenvalue weighted by Crippen LogP contribution is 2.15. The fourth-order valence-electron chi connectivity index (χ4n) is 1.09. The molecule has 0 saturated carbocycles. The van der Waals surface area contributed by atoms with Gasteiger partial charge in [-0.25, -0.2) is 4.79 Å². The first-order valence-corrected chi connectivity index (χ1v) is 4.60. The van der Waals surface area contributed by atoms with E-state index in [0.717, 1.165) is 12.8 Å². The maximum Gasteiger partial charge on any atom is 0.417 e. The Kier molecular flexibility index (Phi) is 5.77. The van der Waals surface area contributed by atoms with Crippen LogP contribution < -0.4 is 0 Å². The van der Waals surface area contributed by atoms with Crippen molar-refractivity contribution in [2.75, 3.05) is 0 Å². The van der Waals surface area contributed by atoms with Crippen molar-refractivity contribution < 1.29 is 9.53 Å². The van der Waals surface area contributed by atoms with Crippen LogP contribution >= 0.6 is 0 Å². The van der Waals surface area contributed by atoms with Gasteiger partial charge in [0.1, 0.15) is 6.10 Å². The lowest BCUT2D eigenvalue weighted by Gasteiger charge is -2.18. The molecule has 0 aromatic heterocycles. The molecule has 0 spiro atoms. The molecule has 0 heterocycles. The van der Waals surface area contributed by atoms with Gasteiger partial charge in [-0.3, -0.25) is 0 Å². The van der Waals surface area contributed by atoms with E-state index in [1.54, 1.807) is 0 Å². The lowest BCUT2D eigenvalue weighted by Crippen LogP contribution is -2.19. The Labute approximate surface area is 75.3 Å². The molecule has 71 valence electrons. The maximum absolute atomic E-state index is 10.0. The summed E-state index contributed by atoms with van der Waals surface area (Å²) >= 11 is 0. The zero-order chi connectivity index (χ0) is 9.56. The number of hydrogen-bond acceptors (Lipinski definition) is 2. The van der Waals surface area contributed by atoms with Crippen molar-refractivity contribution in [3.63, 3.8) is 0 Å². The predicted molar refractivity (Wildman–Crippen MR) is 49.5 cm³/mol. The van der Waals surface area contributed by atoms with E-state index in [9.17, 15) is 4.79 Å². The lowest BCUT2D eigenvalue weighted by molar-refractivity contribution is 0.116. The van der Waals surface area contributed by atoms with Gasteiger partial charge in [-0.1, -0.05) is 27.7 Å². The van der Waals surface area contributed by atoms with Crippen molar-refractivity contribution in [3.05, 3.63) is 0 Å². The highest BCUT2D eigenvalue weighted by molar-refractivity contribution is 5.38. The number of carbonyl (C=O) groups excluding carboxylic acids is 1. The van der Waals surface area contributed by atoms with Crippen LogP contribution in [0.3, 0.4) is 0 Å². The molecule has 0 aliphatic carbocycles. The van der Waals surface area contributed by atoms with E-state index in [1.807, 2.05) is 0 Å². The summed E-state index contributed by atoms with van der Waals surface area (Å²) in [5.41, 5.74) is 0. The normalized spacial score (nSPS) is 13.5. The molecule has 1 radical (unpaired) electrons. The minimum atomic E-state index is 0.0462. The molecule has 2 heteroatoms. The van der Waals surface area contributed by atoms with Crippen molar-refractivity contribution in [2.45, 2.75) is 46.6 Å². The van der Waals surface area contributed by atoms with E-state index in [-0.39, 0.29) is 6.10 Å². The second-order valence-electron chi connectivity index (χ2n) is 3.95. The molecule has 0 aliphatic rings. The van der Waals surface area contributed by atoms with Crippen molar-refractivity contribution >= 4 is 6.47 Å². The minimum Gasteiger partial charge on any atom is -0.454 e. The fourth-order valence-corrected chi connectivity index (χ4v) is 1.09. The van der Waals surface area contributed by atoms with E-state index in [0.29, 0.717) is 11.8 Å². The SMILES string of the molecule is CC(C)CCC(O[C]=O)C(C)C. The summed E-state index contributed by atoms with van der Waals surface area (Å²) in [6.45, 7) is 9.98. The third kappa shape index (κ3) is 5.16. The first kappa shape index (κ1) is 11.5. The molecule has 2 nitrogen and oxygen atoms in total. The van der Waals surface area contributed by atoms with Gasteiger partial charge in [0.25, 0.3) is 0 Å². The van der Waals surface area contributed by atoms with Crippen LogP contribution in [0.2, 0.25) is 0 Å². The molecule has 12 heavy (non-hydrogen) atoms. The van der Waals surface area contributed by atoms with E-state index in [1.165, 1.54) is 6.47 Å². The summed E-state index contributed by atoms with van der Waals surface area (Å²) in [7, 11) is 0. The van der Waals surface area contributed by atoms with E-state index in [2.05, 4.69) is 27.7 Å². The number of ether oxygens (including phenoxy) is 1. The first-order chi connectivity index (χ1) is 5.57. The zero-order valence-electron chi connectivity index (χ0n) is 8.46. The Morgan fingerprint density at radius 3 is 2.08 bits per heavy atom. The molecule has 0 aromatic carbocycles. The molecule has 0 aliphatic heterocycles. The largest absolute Gasteiger partial charge is 0.454 e. The monoisotopic (exact) mass is 171 g/mol. The Balaban J connectivity index is 3.70. The molecular formula is C10H19O2. The summed E-state index contributed by atoms with van der Waals surface area (Å²) in [6.07, 6.45) is 2.10. The van der Waals surface area contributed by atoms with Crippen LogP contribution in [-0.2, 0) is 9.53 Å². The van der Waals surface area contributed by atoms with Gasteiger partial charge in [-0.2, -0.15) is 0 Å². The second-order valence-corrected chi connectivity index (χ2v) is 3.95. The summed E-state index contributed by atoms with van der Waals surface area (Å²) in [6, 6.07) is 0. The molecule has 0 amide bonds. The minimum absolute atomic E-state index is 0.0462. The molecule has 0 N–H and O–H groups in total. The summed E-state index contributed by atoms with van der Waals surface area (Å²) in [5, 5.41) is 0. The van der Waals surface area contributed by atoms with Gasteiger partial charge in [0.05, 0.1) is 0 Å². The Bertz CT molecular complexity index is 119. The van der Waals surface area contributed by atoms with E-state index in [4.69, 9.17) is 4.74 Å². The van der Waals surface area contributed by atoms with Crippen LogP contribution in [0.5, 0.6) is 0 Å². The molecule has 1 unspecified atom stereocenters. The van der Waals surface area contributed by atoms with Gasteiger partial charge < -0.3 is 4.74 Å². The van der Waals surface area contributed by atoms with Gasteiger partial charge in [-0.05, 0) is 24.7 Å². The van der Waals surface area contributed by atoms with Crippen LogP contribution in [0, 0.1) is 11.8 Å². The molecule has 0 rings (SSSR count). The third-order valence-electron chi connectivity index (χ3n) is 1.97. The topological polar surface area (TPSA) is 26.3 Å². The van der Waals surface area contributed by atoms with Crippen LogP contribution in [0.15, 0.2) is 0 Å². The average molecular weight is 171 g/mol. The standard InChI is InChI=1S/C10H19O2/c1-8(2)5-6-10(9(3)4)12-7-11/h8-10H,5-6H2,1-4H3. The van der Waals surface area contributed by atoms with Crippen molar-refractivity contribution in [1.82, 2.24) is 0 Å². The van der Waals surface area contributed by atoms with Crippen molar-refractivity contribution in [1.29, 1.82) is 0 Å². The van der Waals surface area contributed by atoms with Gasteiger partial charge in [0, 0.05) is 0 Å². The number of hydrogen-bond donors (Lipinski definition) is 0. The summed E-state index contributed by atoms with van der Waals surface area (Å²) in [4.78, 5) is 10.0. The van der Waals surface area contributed by atoms with E-state index >= 15 is 0 Å². The molecular weight excluding hydrogens is 152 g/mol. The molecule has 0 saturated heterocycles. The predicted octanol–water partition coefficient (Wildman–Crippen LogP) is 2.53. The molecule has 1 atom stereocenters. The van der Waals surface area contributed by atoms with Gasteiger partial charge in [-0.15, -0.1) is 0 Å². The van der Waals surface area contributed by atoms with Crippen molar-refractivity contribution in [3.8, 4) is 0 Å². The summed E-state index contributed by atoms with van der Waals surface area (Å²) < 4.78 is 4.85. The average Bonchev–Trinajstić information content (AvgIpc) is 1.96. The molecule has 0 aromatic rings. The Hall–Kier alpha value is -0.530. The van der Waals surface area contributed by atoms with Crippen LogP contribution in [-0.4, -0.2) is 12.6 Å². The zero-order valence-corrected chi connectivity index (χ0v) is 8.46. The van der Waals surface area contributed by atoms with Gasteiger partial charge in [0.2, 0.25) is 0 Å². The smallest absolute Gasteiger partial charge is 0.417 e. The van der Waals surface area contributed by atoms with Crippen LogP contribution in [0.4, 0.5) is 0 Å². The van der Waals surface area contributed by atoms with Gasteiger partial charge in [0.15, 0.2) is 0 Å². The third-order valence-corrected chi connectivity index (χ3v) is 1.97. The van der Waals surface area contributed by atoms with Crippen LogP contribution in [0.25, 0.3) is 0 Å². The van der Waals surface area contributed by atoms with Crippen LogP contribution in [0.1, 0.15) is 40.5 Å².